The van der Waals surface area contributed by atoms with E-state index in [1.165, 1.54) is 16.7 Å². The lowest BCUT2D eigenvalue weighted by Crippen LogP contribution is -2.33. The Balaban J connectivity index is 1.18. The highest BCUT2D eigenvalue weighted by molar-refractivity contribution is 6.24. The third-order valence-electron chi connectivity index (χ3n) is 10.4. The van der Waals surface area contributed by atoms with Crippen molar-refractivity contribution in [2.24, 2.45) is 9.98 Å². The van der Waals surface area contributed by atoms with E-state index in [0.29, 0.717) is 5.84 Å². The van der Waals surface area contributed by atoms with Crippen molar-refractivity contribution in [2.45, 2.75) is 6.17 Å². The molecule has 4 heteroatoms. The monoisotopic (exact) mass is 705 g/mol. The van der Waals surface area contributed by atoms with E-state index >= 15 is 0 Å². The smallest absolute Gasteiger partial charge is 0.159 e. The second kappa shape index (κ2) is 13.9. The minimum absolute atomic E-state index is 0.321. The van der Waals surface area contributed by atoms with Crippen LogP contribution in [0.25, 0.3) is 66.4 Å². The molecule has 0 aliphatic carbocycles. The van der Waals surface area contributed by atoms with Crippen molar-refractivity contribution in [3.63, 3.8) is 0 Å². The first-order valence-corrected chi connectivity index (χ1v) is 18.6. The van der Waals surface area contributed by atoms with Crippen molar-refractivity contribution in [1.29, 1.82) is 0 Å². The van der Waals surface area contributed by atoms with E-state index in [1.807, 2.05) is 42.5 Å². The molecule has 9 aromatic rings. The number of nitrogens with zero attached hydrogens (tertiary/aromatic N) is 2. The van der Waals surface area contributed by atoms with E-state index in [2.05, 4.69) is 163 Å². The summed E-state index contributed by atoms with van der Waals surface area (Å²) < 4.78 is 7.13. The minimum atomic E-state index is -0.321. The number of aliphatic imine (C=N–C) groups is 2. The van der Waals surface area contributed by atoms with Gasteiger partial charge in [-0.2, -0.15) is 0 Å². The number of rotatable bonds is 7. The lowest BCUT2D eigenvalue weighted by atomic mass is 9.94. The maximum absolute atomic E-state index is 7.13. The quantitative estimate of drug-likeness (QED) is 0.179. The zero-order valence-electron chi connectivity index (χ0n) is 29.9. The molecule has 10 rings (SSSR count). The van der Waals surface area contributed by atoms with Crippen molar-refractivity contribution >= 4 is 33.6 Å². The van der Waals surface area contributed by atoms with Crippen LogP contribution in [0.4, 0.5) is 0 Å². The summed E-state index contributed by atoms with van der Waals surface area (Å²) in [5, 5.41) is 5.75. The molecule has 0 spiro atoms. The van der Waals surface area contributed by atoms with Gasteiger partial charge in [0.1, 0.15) is 23.2 Å². The van der Waals surface area contributed by atoms with Gasteiger partial charge in [-0.15, -0.1) is 0 Å². The Kier molecular flexibility index (Phi) is 8.19. The number of fused-ring (bicyclic) bond motifs is 3. The van der Waals surface area contributed by atoms with Crippen LogP contribution < -0.4 is 5.32 Å². The van der Waals surface area contributed by atoms with Crippen LogP contribution in [-0.4, -0.2) is 11.7 Å². The summed E-state index contributed by atoms with van der Waals surface area (Å²) in [5.41, 5.74) is 13.6. The topological polar surface area (TPSA) is 49.9 Å². The van der Waals surface area contributed by atoms with Gasteiger partial charge in [-0.05, 0) is 57.1 Å². The van der Waals surface area contributed by atoms with Crippen LogP contribution in [0.1, 0.15) is 22.9 Å². The third kappa shape index (κ3) is 6.10. The summed E-state index contributed by atoms with van der Waals surface area (Å²) >= 11 is 0. The van der Waals surface area contributed by atoms with E-state index in [4.69, 9.17) is 14.4 Å². The van der Waals surface area contributed by atoms with Crippen LogP contribution in [0.2, 0.25) is 0 Å². The van der Waals surface area contributed by atoms with Crippen LogP contribution >= 0.6 is 0 Å². The Hall–Kier alpha value is -7.30. The van der Waals surface area contributed by atoms with Crippen LogP contribution in [0, 0.1) is 0 Å². The Morgan fingerprint density at radius 3 is 1.64 bits per heavy atom. The van der Waals surface area contributed by atoms with Gasteiger partial charge in [-0.3, -0.25) is 0 Å². The van der Waals surface area contributed by atoms with Gasteiger partial charge in [-0.25, -0.2) is 9.98 Å². The molecule has 1 aromatic heterocycles. The van der Waals surface area contributed by atoms with Crippen LogP contribution in [0.3, 0.4) is 0 Å². The summed E-state index contributed by atoms with van der Waals surface area (Å²) in [7, 11) is 0. The number of para-hydroxylation sites is 1. The van der Waals surface area contributed by atoms with Crippen molar-refractivity contribution in [3.05, 3.63) is 217 Å². The van der Waals surface area contributed by atoms with Crippen molar-refractivity contribution in [1.82, 2.24) is 5.32 Å². The molecular weight excluding hydrogens is 671 g/mol. The molecule has 1 unspecified atom stereocenters. The summed E-state index contributed by atoms with van der Waals surface area (Å²) in [6.45, 7) is 0. The molecule has 1 aliphatic rings. The molecule has 0 fully saturated rings. The highest BCUT2D eigenvalue weighted by Gasteiger charge is 2.26. The van der Waals surface area contributed by atoms with Crippen molar-refractivity contribution < 1.29 is 4.42 Å². The lowest BCUT2D eigenvalue weighted by Gasteiger charge is -2.24. The maximum Gasteiger partial charge on any atom is 0.159 e. The second-order valence-corrected chi connectivity index (χ2v) is 13.8. The third-order valence-corrected chi connectivity index (χ3v) is 10.4. The van der Waals surface area contributed by atoms with Gasteiger partial charge in [0.25, 0.3) is 0 Å². The van der Waals surface area contributed by atoms with E-state index in [9.17, 15) is 0 Å². The van der Waals surface area contributed by atoms with E-state index in [0.717, 1.165) is 72.3 Å². The highest BCUT2D eigenvalue weighted by Crippen LogP contribution is 2.43. The summed E-state index contributed by atoms with van der Waals surface area (Å²) in [6, 6.07) is 69.8. The van der Waals surface area contributed by atoms with Crippen LogP contribution in [0.15, 0.2) is 215 Å². The average molecular weight is 706 g/mol. The standard InChI is InChI=1S/C51H35N3O/c1-5-15-34(16-6-1)36-27-29-37(30-28-36)42-25-14-26-44-46-45(51-53-49(38-19-9-3-10-20-38)52-50(54-51)39-21-11-4-12-22-39)32-31-43(48(46)55-47(42)44)41-24-13-23-40(33-41)35-17-7-2-8-18-35/h1-33,49H,(H,52,53,54). The predicted octanol–water partition coefficient (Wildman–Crippen LogP) is 12.7. The minimum Gasteiger partial charge on any atom is -0.455 e. The molecule has 0 amide bonds. The predicted molar refractivity (Wildman–Crippen MR) is 227 cm³/mol. The van der Waals surface area contributed by atoms with Crippen LogP contribution in [0.5, 0.6) is 0 Å². The first-order valence-electron chi connectivity index (χ1n) is 18.6. The molecule has 260 valence electrons. The van der Waals surface area contributed by atoms with Gasteiger partial charge in [0, 0.05) is 33.0 Å². The number of furan rings is 1. The molecule has 0 bridgehead atoms. The molecule has 0 saturated carbocycles. The molecule has 0 saturated heterocycles. The maximum atomic E-state index is 7.13. The molecular formula is C51H35N3O. The SMILES string of the molecule is c1ccc(C2=NC(c3ccccc3)NC(c3ccc(-c4cccc(-c5ccccc5)c4)c4oc5c(-c6ccc(-c7ccccc7)cc6)cccc5c34)=N2)cc1. The molecule has 1 atom stereocenters. The molecule has 2 heterocycles. The van der Waals surface area contributed by atoms with Gasteiger partial charge in [0.2, 0.25) is 0 Å². The summed E-state index contributed by atoms with van der Waals surface area (Å²) in [6.07, 6.45) is -0.321. The van der Waals surface area contributed by atoms with Gasteiger partial charge in [0.05, 0.1) is 0 Å². The summed E-state index contributed by atoms with van der Waals surface area (Å²) in [5.74, 6) is 1.43. The molecule has 0 radical (unpaired) electrons. The van der Waals surface area contributed by atoms with E-state index < -0.39 is 0 Å². The Morgan fingerprint density at radius 1 is 0.400 bits per heavy atom. The zero-order chi connectivity index (χ0) is 36.6. The molecule has 55 heavy (non-hydrogen) atoms. The normalized spacial score (nSPS) is 14.0. The Bertz CT molecular complexity index is 2860. The number of hydrogen-bond acceptors (Lipinski definition) is 4. The van der Waals surface area contributed by atoms with E-state index in [-0.39, 0.29) is 6.17 Å². The van der Waals surface area contributed by atoms with E-state index in [1.54, 1.807) is 0 Å². The number of amidine groups is 2. The first kappa shape index (κ1) is 32.4. The Labute approximate surface area is 319 Å². The summed E-state index contributed by atoms with van der Waals surface area (Å²) in [4.78, 5) is 10.3. The first-order chi connectivity index (χ1) is 27.3. The molecule has 1 N–H and O–H groups in total. The number of hydrogen-bond donors (Lipinski definition) is 1. The second-order valence-electron chi connectivity index (χ2n) is 13.8. The van der Waals surface area contributed by atoms with Crippen LogP contribution in [-0.2, 0) is 0 Å². The largest absolute Gasteiger partial charge is 0.455 e. The van der Waals surface area contributed by atoms with Gasteiger partial charge < -0.3 is 9.73 Å². The van der Waals surface area contributed by atoms with Gasteiger partial charge >= 0.3 is 0 Å². The van der Waals surface area contributed by atoms with Gasteiger partial charge in [-0.1, -0.05) is 182 Å². The Morgan fingerprint density at radius 2 is 0.927 bits per heavy atom. The average Bonchev–Trinajstić information content (AvgIpc) is 3.67. The number of benzene rings is 8. The molecule has 4 nitrogen and oxygen atoms in total. The fourth-order valence-corrected chi connectivity index (χ4v) is 7.63. The molecule has 1 aliphatic heterocycles. The van der Waals surface area contributed by atoms with Crippen molar-refractivity contribution in [2.75, 3.05) is 0 Å². The molecule has 8 aromatic carbocycles. The fourth-order valence-electron chi connectivity index (χ4n) is 7.63. The van der Waals surface area contributed by atoms with Crippen molar-refractivity contribution in [3.8, 4) is 44.5 Å². The fraction of sp³-hybridized carbons (Fsp3) is 0.0196. The highest BCUT2D eigenvalue weighted by atomic mass is 16.3. The van der Waals surface area contributed by atoms with Gasteiger partial charge in [0.15, 0.2) is 5.84 Å². The zero-order valence-corrected chi connectivity index (χ0v) is 29.9. The number of nitrogens with one attached hydrogen (secondary N) is 1. The lowest BCUT2D eigenvalue weighted by molar-refractivity contribution is 0.669.